The summed E-state index contributed by atoms with van der Waals surface area (Å²) in [6.45, 7) is 2.09. The topological polar surface area (TPSA) is 43.4 Å². The van der Waals surface area contributed by atoms with Gasteiger partial charge in [0.2, 0.25) is 5.88 Å². The lowest BCUT2D eigenvalue weighted by Gasteiger charge is -2.20. The maximum absolute atomic E-state index is 5.48. The quantitative estimate of drug-likeness (QED) is 0.886. The van der Waals surface area contributed by atoms with Crippen LogP contribution in [0.1, 0.15) is 22.7 Å². The molecule has 0 amide bonds. The third-order valence-corrected chi connectivity index (χ3v) is 3.56. The molecule has 0 radical (unpaired) electrons. The Labute approximate surface area is 126 Å². The molecule has 21 heavy (non-hydrogen) atoms. The summed E-state index contributed by atoms with van der Waals surface area (Å²) in [6.07, 6.45) is 2.69. The molecule has 1 N–H and O–H groups in total. The van der Waals surface area contributed by atoms with Gasteiger partial charge < -0.3 is 14.8 Å². The summed E-state index contributed by atoms with van der Waals surface area (Å²) in [6, 6.07) is 10.3. The van der Waals surface area contributed by atoms with Gasteiger partial charge in [0.1, 0.15) is 5.75 Å². The summed E-state index contributed by atoms with van der Waals surface area (Å²) in [5.41, 5.74) is 3.54. The number of rotatable bonds is 6. The molecule has 2 rings (SSSR count). The van der Waals surface area contributed by atoms with Crippen molar-refractivity contribution in [3.63, 3.8) is 0 Å². The highest BCUT2D eigenvalue weighted by molar-refractivity contribution is 5.40. The molecule has 1 aromatic carbocycles. The highest BCUT2D eigenvalue weighted by Gasteiger charge is 2.15. The van der Waals surface area contributed by atoms with E-state index in [1.165, 1.54) is 5.56 Å². The van der Waals surface area contributed by atoms with Crippen LogP contribution in [-0.2, 0) is 6.42 Å². The Bertz CT molecular complexity index is 582. The third-order valence-electron chi connectivity index (χ3n) is 3.56. The fourth-order valence-corrected chi connectivity index (χ4v) is 2.38. The van der Waals surface area contributed by atoms with Gasteiger partial charge in [-0.05, 0) is 32.0 Å². The first-order valence-corrected chi connectivity index (χ1v) is 6.98. The van der Waals surface area contributed by atoms with Crippen molar-refractivity contribution in [3.05, 3.63) is 53.2 Å². The Morgan fingerprint density at radius 1 is 1.14 bits per heavy atom. The number of nitrogens with one attached hydrogen (secondary N) is 1. The zero-order valence-electron chi connectivity index (χ0n) is 13.0. The number of likely N-dealkylation sites (N-methyl/N-ethyl adjacent to an activating group) is 1. The molecule has 2 aromatic rings. The standard InChI is InChI=1S/C17H22N2O2/c1-12-5-7-16(20-3)14(9-12)15(18-2)10-13-6-8-17(21-4)19-11-13/h5-9,11,15,18H,10H2,1-4H3. The predicted molar refractivity (Wildman–Crippen MR) is 84.0 cm³/mol. The fraction of sp³-hybridized carbons (Fsp3) is 0.353. The maximum atomic E-state index is 5.48. The number of methoxy groups -OCH3 is 2. The molecule has 0 saturated heterocycles. The van der Waals surface area contributed by atoms with Crippen molar-refractivity contribution in [1.29, 1.82) is 0 Å². The number of aromatic nitrogens is 1. The molecule has 1 heterocycles. The Hall–Kier alpha value is -2.07. The van der Waals surface area contributed by atoms with Gasteiger partial charge >= 0.3 is 0 Å². The molecule has 0 bridgehead atoms. The molecule has 0 saturated carbocycles. The molecular formula is C17H22N2O2. The minimum atomic E-state index is 0.176. The van der Waals surface area contributed by atoms with Crippen molar-refractivity contribution >= 4 is 0 Å². The van der Waals surface area contributed by atoms with Crippen LogP contribution in [0.2, 0.25) is 0 Å². The van der Waals surface area contributed by atoms with Crippen molar-refractivity contribution in [3.8, 4) is 11.6 Å². The molecule has 112 valence electrons. The Morgan fingerprint density at radius 3 is 2.52 bits per heavy atom. The first kappa shape index (κ1) is 15.3. The zero-order chi connectivity index (χ0) is 15.2. The van der Waals surface area contributed by atoms with E-state index >= 15 is 0 Å². The monoisotopic (exact) mass is 286 g/mol. The number of aryl methyl sites for hydroxylation is 1. The van der Waals surface area contributed by atoms with Gasteiger partial charge in [-0.1, -0.05) is 23.8 Å². The molecule has 0 aliphatic carbocycles. The lowest BCUT2D eigenvalue weighted by atomic mass is 9.97. The van der Waals surface area contributed by atoms with E-state index in [0.717, 1.165) is 23.3 Å². The van der Waals surface area contributed by atoms with Crippen LogP contribution < -0.4 is 14.8 Å². The highest BCUT2D eigenvalue weighted by Crippen LogP contribution is 2.28. The SMILES string of the molecule is CNC(Cc1ccc(OC)nc1)c1cc(C)ccc1OC. The van der Waals surface area contributed by atoms with E-state index in [9.17, 15) is 0 Å². The van der Waals surface area contributed by atoms with Crippen LogP contribution in [0.5, 0.6) is 11.6 Å². The van der Waals surface area contributed by atoms with E-state index in [2.05, 4.69) is 29.4 Å². The summed E-state index contributed by atoms with van der Waals surface area (Å²) in [5.74, 6) is 1.54. The lowest BCUT2D eigenvalue weighted by molar-refractivity contribution is 0.396. The van der Waals surface area contributed by atoms with Gasteiger partial charge in [0, 0.05) is 23.9 Å². The molecule has 0 spiro atoms. The molecule has 0 aliphatic rings. The van der Waals surface area contributed by atoms with Crippen LogP contribution in [0.15, 0.2) is 36.5 Å². The number of hydrogen-bond acceptors (Lipinski definition) is 4. The van der Waals surface area contributed by atoms with Gasteiger partial charge in [0.25, 0.3) is 0 Å². The van der Waals surface area contributed by atoms with E-state index in [1.807, 2.05) is 31.4 Å². The second kappa shape index (κ2) is 7.09. The van der Waals surface area contributed by atoms with Crippen molar-refractivity contribution in [2.24, 2.45) is 0 Å². The maximum Gasteiger partial charge on any atom is 0.212 e. The molecule has 4 heteroatoms. The second-order valence-corrected chi connectivity index (χ2v) is 5.00. The van der Waals surface area contributed by atoms with Crippen molar-refractivity contribution in [2.45, 2.75) is 19.4 Å². The van der Waals surface area contributed by atoms with Gasteiger partial charge in [-0.3, -0.25) is 0 Å². The van der Waals surface area contributed by atoms with E-state index in [1.54, 1.807) is 14.2 Å². The summed E-state index contributed by atoms with van der Waals surface area (Å²) < 4.78 is 10.6. The average molecular weight is 286 g/mol. The van der Waals surface area contributed by atoms with Crippen LogP contribution in [-0.4, -0.2) is 26.3 Å². The van der Waals surface area contributed by atoms with Gasteiger partial charge in [-0.2, -0.15) is 0 Å². The number of ether oxygens (including phenoxy) is 2. The molecule has 0 fully saturated rings. The molecule has 1 atom stereocenters. The van der Waals surface area contributed by atoms with Crippen LogP contribution in [0.3, 0.4) is 0 Å². The third kappa shape index (κ3) is 3.73. The van der Waals surface area contributed by atoms with Crippen LogP contribution in [0, 0.1) is 6.92 Å². The zero-order valence-corrected chi connectivity index (χ0v) is 13.0. The minimum absolute atomic E-state index is 0.176. The molecule has 1 aromatic heterocycles. The van der Waals surface area contributed by atoms with Gasteiger partial charge in [-0.25, -0.2) is 4.98 Å². The number of benzene rings is 1. The first-order valence-electron chi connectivity index (χ1n) is 6.98. The summed E-state index contributed by atoms with van der Waals surface area (Å²) >= 11 is 0. The van der Waals surface area contributed by atoms with Crippen molar-refractivity contribution in [2.75, 3.05) is 21.3 Å². The van der Waals surface area contributed by atoms with Crippen LogP contribution in [0.4, 0.5) is 0 Å². The van der Waals surface area contributed by atoms with Gasteiger partial charge in [0.05, 0.1) is 14.2 Å². The van der Waals surface area contributed by atoms with Crippen molar-refractivity contribution < 1.29 is 9.47 Å². The number of hydrogen-bond donors (Lipinski definition) is 1. The number of pyridine rings is 1. The molecule has 1 unspecified atom stereocenters. The minimum Gasteiger partial charge on any atom is -0.496 e. The number of nitrogens with zero attached hydrogens (tertiary/aromatic N) is 1. The van der Waals surface area contributed by atoms with Gasteiger partial charge in [0.15, 0.2) is 0 Å². The van der Waals surface area contributed by atoms with Gasteiger partial charge in [-0.15, -0.1) is 0 Å². The Balaban J connectivity index is 2.24. The summed E-state index contributed by atoms with van der Waals surface area (Å²) in [5, 5.41) is 3.36. The van der Waals surface area contributed by atoms with E-state index < -0.39 is 0 Å². The normalized spacial score (nSPS) is 12.0. The molecule has 0 aliphatic heterocycles. The van der Waals surface area contributed by atoms with Crippen LogP contribution in [0.25, 0.3) is 0 Å². The second-order valence-electron chi connectivity index (χ2n) is 5.00. The van der Waals surface area contributed by atoms with E-state index in [0.29, 0.717) is 5.88 Å². The van der Waals surface area contributed by atoms with Crippen molar-refractivity contribution in [1.82, 2.24) is 10.3 Å². The highest BCUT2D eigenvalue weighted by atomic mass is 16.5. The van der Waals surface area contributed by atoms with E-state index in [-0.39, 0.29) is 6.04 Å². The van der Waals surface area contributed by atoms with E-state index in [4.69, 9.17) is 9.47 Å². The summed E-state index contributed by atoms with van der Waals surface area (Å²) in [4.78, 5) is 4.26. The fourth-order valence-electron chi connectivity index (χ4n) is 2.38. The predicted octanol–water partition coefficient (Wildman–Crippen LogP) is 2.91. The first-order chi connectivity index (χ1) is 10.2. The molecular weight excluding hydrogens is 264 g/mol. The van der Waals surface area contributed by atoms with Crippen LogP contribution >= 0.6 is 0 Å². The summed E-state index contributed by atoms with van der Waals surface area (Å²) in [7, 11) is 5.29. The Kier molecular flexibility index (Phi) is 5.17. The smallest absolute Gasteiger partial charge is 0.212 e. The lowest BCUT2D eigenvalue weighted by Crippen LogP contribution is -2.19. The average Bonchev–Trinajstić information content (AvgIpc) is 2.53. The molecule has 4 nitrogen and oxygen atoms in total. The Morgan fingerprint density at radius 2 is 1.95 bits per heavy atom. The largest absolute Gasteiger partial charge is 0.496 e.